The Hall–Kier alpha value is -1.16. The Bertz CT molecular complexity index is 425. The first-order chi connectivity index (χ1) is 8.59. The first-order valence-electron chi connectivity index (χ1n) is 6.42. The molecule has 0 aromatic heterocycles. The van der Waals surface area contributed by atoms with Gasteiger partial charge in [-0.2, -0.15) is 0 Å². The van der Waals surface area contributed by atoms with Crippen LogP contribution < -0.4 is 10.1 Å². The number of nitrogens with one attached hydrogen (secondary N) is 1. The fourth-order valence-corrected chi connectivity index (χ4v) is 1.40. The molecule has 0 aliphatic rings. The Morgan fingerprint density at radius 1 is 1.05 bits per heavy atom. The second-order valence-electron chi connectivity index (χ2n) is 6.63. The maximum absolute atomic E-state index is 13.0. The van der Waals surface area contributed by atoms with Crippen LogP contribution in [0.4, 0.5) is 8.78 Å². The SMILES string of the molecule is CC(C)(CNC(C)(C)C)COc1ccc(F)c(F)c1. The van der Waals surface area contributed by atoms with E-state index in [0.717, 1.165) is 18.7 Å². The molecule has 0 atom stereocenters. The van der Waals surface area contributed by atoms with E-state index in [-0.39, 0.29) is 11.0 Å². The molecule has 1 rings (SSSR count). The molecular weight excluding hydrogens is 248 g/mol. The highest BCUT2D eigenvalue weighted by Crippen LogP contribution is 2.20. The second kappa shape index (κ2) is 5.87. The molecule has 2 nitrogen and oxygen atoms in total. The summed E-state index contributed by atoms with van der Waals surface area (Å²) in [6.07, 6.45) is 0. The lowest BCUT2D eigenvalue weighted by molar-refractivity contribution is 0.165. The van der Waals surface area contributed by atoms with Gasteiger partial charge in [-0.3, -0.25) is 0 Å². The Kier molecular flexibility index (Phi) is 4.91. The summed E-state index contributed by atoms with van der Waals surface area (Å²) in [4.78, 5) is 0. The fraction of sp³-hybridized carbons (Fsp3) is 0.600. The minimum absolute atomic E-state index is 0.0409. The maximum atomic E-state index is 13.0. The van der Waals surface area contributed by atoms with Crippen molar-refractivity contribution in [1.82, 2.24) is 5.32 Å². The summed E-state index contributed by atoms with van der Waals surface area (Å²) in [5.74, 6) is -1.40. The van der Waals surface area contributed by atoms with Crippen LogP contribution in [0, 0.1) is 17.0 Å². The van der Waals surface area contributed by atoms with E-state index < -0.39 is 11.6 Å². The Labute approximate surface area is 114 Å². The largest absolute Gasteiger partial charge is 0.493 e. The predicted molar refractivity (Wildman–Crippen MR) is 73.4 cm³/mol. The molecule has 0 heterocycles. The zero-order valence-electron chi connectivity index (χ0n) is 12.3. The average Bonchev–Trinajstić information content (AvgIpc) is 2.28. The number of rotatable bonds is 5. The van der Waals surface area contributed by atoms with E-state index in [4.69, 9.17) is 4.74 Å². The smallest absolute Gasteiger partial charge is 0.162 e. The summed E-state index contributed by atoms with van der Waals surface area (Å²) in [6.45, 7) is 11.6. The van der Waals surface area contributed by atoms with Crippen molar-refractivity contribution in [3.05, 3.63) is 29.8 Å². The number of hydrogen-bond donors (Lipinski definition) is 1. The highest BCUT2D eigenvalue weighted by atomic mass is 19.2. The zero-order valence-corrected chi connectivity index (χ0v) is 12.3. The van der Waals surface area contributed by atoms with Gasteiger partial charge in [-0.05, 0) is 32.9 Å². The fourth-order valence-electron chi connectivity index (χ4n) is 1.40. The van der Waals surface area contributed by atoms with Gasteiger partial charge in [0.1, 0.15) is 5.75 Å². The van der Waals surface area contributed by atoms with Crippen molar-refractivity contribution < 1.29 is 13.5 Å². The van der Waals surface area contributed by atoms with E-state index in [0.29, 0.717) is 12.4 Å². The monoisotopic (exact) mass is 271 g/mol. The van der Waals surface area contributed by atoms with Crippen LogP contribution in [0.3, 0.4) is 0 Å². The van der Waals surface area contributed by atoms with Gasteiger partial charge in [0.05, 0.1) is 6.61 Å². The molecular formula is C15H23F2NO. The third-order valence-electron chi connectivity index (χ3n) is 2.62. The summed E-state index contributed by atoms with van der Waals surface area (Å²) in [5, 5.41) is 3.40. The lowest BCUT2D eigenvalue weighted by atomic mass is 9.93. The second-order valence-corrected chi connectivity index (χ2v) is 6.63. The number of benzene rings is 1. The quantitative estimate of drug-likeness (QED) is 0.880. The van der Waals surface area contributed by atoms with Crippen molar-refractivity contribution in [2.45, 2.75) is 40.2 Å². The minimum Gasteiger partial charge on any atom is -0.493 e. The summed E-state index contributed by atoms with van der Waals surface area (Å²) < 4.78 is 31.3. The molecule has 0 aliphatic carbocycles. The third kappa shape index (κ3) is 6.01. The highest BCUT2D eigenvalue weighted by Gasteiger charge is 2.22. The molecule has 0 amide bonds. The molecule has 0 spiro atoms. The molecule has 0 unspecified atom stereocenters. The lowest BCUT2D eigenvalue weighted by Gasteiger charge is -2.30. The molecule has 19 heavy (non-hydrogen) atoms. The van der Waals surface area contributed by atoms with E-state index in [1.807, 2.05) is 0 Å². The predicted octanol–water partition coefficient (Wildman–Crippen LogP) is 3.76. The van der Waals surface area contributed by atoms with Crippen LogP contribution >= 0.6 is 0 Å². The van der Waals surface area contributed by atoms with E-state index >= 15 is 0 Å². The van der Waals surface area contributed by atoms with Gasteiger partial charge in [0.25, 0.3) is 0 Å². The van der Waals surface area contributed by atoms with Gasteiger partial charge in [-0.25, -0.2) is 8.78 Å². The first-order valence-corrected chi connectivity index (χ1v) is 6.42. The molecule has 1 aromatic rings. The molecule has 0 saturated heterocycles. The molecule has 0 bridgehead atoms. The number of ether oxygens (including phenoxy) is 1. The van der Waals surface area contributed by atoms with Crippen molar-refractivity contribution >= 4 is 0 Å². The molecule has 1 N–H and O–H groups in total. The summed E-state index contributed by atoms with van der Waals surface area (Å²) in [5.41, 5.74) is -0.0581. The van der Waals surface area contributed by atoms with Crippen molar-refractivity contribution in [1.29, 1.82) is 0 Å². The zero-order chi connectivity index (χ0) is 14.7. The van der Waals surface area contributed by atoms with Crippen LogP contribution in [-0.2, 0) is 0 Å². The molecule has 0 saturated carbocycles. The van der Waals surface area contributed by atoms with Crippen LogP contribution in [0.1, 0.15) is 34.6 Å². The van der Waals surface area contributed by atoms with Gasteiger partial charge in [-0.1, -0.05) is 13.8 Å². The Morgan fingerprint density at radius 3 is 2.21 bits per heavy atom. The van der Waals surface area contributed by atoms with E-state index in [1.165, 1.54) is 6.07 Å². The number of halogens is 2. The van der Waals surface area contributed by atoms with Crippen molar-refractivity contribution in [2.24, 2.45) is 5.41 Å². The van der Waals surface area contributed by atoms with Crippen molar-refractivity contribution in [3.8, 4) is 5.75 Å². The van der Waals surface area contributed by atoms with E-state index in [1.54, 1.807) is 0 Å². The lowest BCUT2D eigenvalue weighted by Crippen LogP contribution is -2.43. The van der Waals surface area contributed by atoms with Crippen LogP contribution in [0.5, 0.6) is 5.75 Å². The van der Waals surface area contributed by atoms with Crippen molar-refractivity contribution in [2.75, 3.05) is 13.2 Å². The molecule has 4 heteroatoms. The molecule has 0 radical (unpaired) electrons. The summed E-state index contributed by atoms with van der Waals surface area (Å²) in [6, 6.07) is 3.58. The topological polar surface area (TPSA) is 21.3 Å². The number of hydrogen-bond acceptors (Lipinski definition) is 2. The molecule has 0 fully saturated rings. The first kappa shape index (κ1) is 15.9. The standard InChI is InChI=1S/C15H23F2NO/c1-14(2,3)18-9-15(4,5)10-19-11-6-7-12(16)13(17)8-11/h6-8,18H,9-10H2,1-5H3. The minimum atomic E-state index is -0.886. The highest BCUT2D eigenvalue weighted by molar-refractivity contribution is 5.23. The molecule has 1 aromatic carbocycles. The van der Waals surface area contributed by atoms with Gasteiger partial charge >= 0.3 is 0 Å². The average molecular weight is 271 g/mol. The van der Waals surface area contributed by atoms with Crippen LogP contribution in [0.25, 0.3) is 0 Å². The van der Waals surface area contributed by atoms with E-state index in [9.17, 15) is 8.78 Å². The van der Waals surface area contributed by atoms with Gasteiger partial charge in [0.15, 0.2) is 11.6 Å². The van der Waals surface area contributed by atoms with Gasteiger partial charge < -0.3 is 10.1 Å². The summed E-state index contributed by atoms with van der Waals surface area (Å²) >= 11 is 0. The van der Waals surface area contributed by atoms with Crippen molar-refractivity contribution in [3.63, 3.8) is 0 Å². The van der Waals surface area contributed by atoms with Crippen LogP contribution in [-0.4, -0.2) is 18.7 Å². The Morgan fingerprint density at radius 2 is 1.68 bits per heavy atom. The van der Waals surface area contributed by atoms with Crippen LogP contribution in [0.15, 0.2) is 18.2 Å². The van der Waals surface area contributed by atoms with E-state index in [2.05, 4.69) is 39.9 Å². The van der Waals surface area contributed by atoms with Crippen LogP contribution in [0.2, 0.25) is 0 Å². The molecule has 0 aliphatic heterocycles. The Balaban J connectivity index is 2.52. The van der Waals surface area contributed by atoms with Gasteiger partial charge in [0.2, 0.25) is 0 Å². The summed E-state index contributed by atoms with van der Waals surface area (Å²) in [7, 11) is 0. The maximum Gasteiger partial charge on any atom is 0.162 e. The van der Waals surface area contributed by atoms with Gasteiger partial charge in [-0.15, -0.1) is 0 Å². The normalized spacial score (nSPS) is 12.6. The third-order valence-corrected chi connectivity index (χ3v) is 2.62. The van der Waals surface area contributed by atoms with Gasteiger partial charge in [0, 0.05) is 23.6 Å². The molecule has 108 valence electrons.